The molecule has 7 heteroatoms. The molecule has 0 fully saturated rings. The topological polar surface area (TPSA) is 112 Å². The molecule has 0 spiro atoms. The van der Waals surface area contributed by atoms with Crippen molar-refractivity contribution in [1.29, 1.82) is 0 Å². The minimum absolute atomic E-state index is 0.0447. The summed E-state index contributed by atoms with van der Waals surface area (Å²) in [5, 5.41) is 18.7. The molecule has 0 aliphatic heterocycles. The van der Waals surface area contributed by atoms with Gasteiger partial charge in [0.15, 0.2) is 5.16 Å². The molecule has 1 heterocycles. The SMILES string of the molecule is NC(CC(O)CSc1ncc[nH]1)C(=O)O. The van der Waals surface area contributed by atoms with Crippen LogP contribution in [0.25, 0.3) is 0 Å². The fraction of sp³-hybridized carbons (Fsp3) is 0.500. The van der Waals surface area contributed by atoms with E-state index in [9.17, 15) is 9.90 Å². The molecule has 1 aromatic rings. The lowest BCUT2D eigenvalue weighted by molar-refractivity contribution is -0.139. The van der Waals surface area contributed by atoms with E-state index in [1.165, 1.54) is 11.8 Å². The quantitative estimate of drug-likeness (QED) is 0.498. The molecule has 1 rings (SSSR count). The number of aliphatic hydroxyl groups is 1. The summed E-state index contributed by atoms with van der Waals surface area (Å²) in [6, 6.07) is -1.02. The average molecular weight is 231 g/mol. The third kappa shape index (κ3) is 4.32. The van der Waals surface area contributed by atoms with Gasteiger partial charge in [-0.1, -0.05) is 11.8 Å². The second kappa shape index (κ2) is 5.74. The highest BCUT2D eigenvalue weighted by Crippen LogP contribution is 2.14. The van der Waals surface area contributed by atoms with Crippen LogP contribution in [0.4, 0.5) is 0 Å². The van der Waals surface area contributed by atoms with E-state index in [-0.39, 0.29) is 6.42 Å². The van der Waals surface area contributed by atoms with Crippen LogP contribution in [0.3, 0.4) is 0 Å². The molecular weight excluding hydrogens is 218 g/mol. The molecule has 0 saturated carbocycles. The Kier molecular flexibility index (Phi) is 4.60. The lowest BCUT2D eigenvalue weighted by Gasteiger charge is -2.11. The van der Waals surface area contributed by atoms with Gasteiger partial charge in [0.2, 0.25) is 0 Å². The summed E-state index contributed by atoms with van der Waals surface area (Å²) in [5.74, 6) is -0.730. The van der Waals surface area contributed by atoms with Gasteiger partial charge in [-0.25, -0.2) is 4.98 Å². The predicted molar refractivity (Wildman–Crippen MR) is 55.5 cm³/mol. The van der Waals surface area contributed by atoms with Crippen molar-refractivity contribution in [2.45, 2.75) is 23.7 Å². The summed E-state index contributed by atoms with van der Waals surface area (Å²) in [6.45, 7) is 0. The van der Waals surface area contributed by atoms with E-state index in [1.54, 1.807) is 12.4 Å². The summed E-state index contributed by atoms with van der Waals surface area (Å²) in [7, 11) is 0. The average Bonchev–Trinajstić information content (AvgIpc) is 2.66. The maximum atomic E-state index is 10.4. The number of nitrogens with two attached hydrogens (primary N) is 1. The van der Waals surface area contributed by atoms with Crippen LogP contribution in [-0.2, 0) is 4.79 Å². The maximum Gasteiger partial charge on any atom is 0.320 e. The van der Waals surface area contributed by atoms with Crippen LogP contribution < -0.4 is 5.73 Å². The molecule has 0 aromatic carbocycles. The number of imidazole rings is 1. The van der Waals surface area contributed by atoms with E-state index in [0.717, 1.165) is 0 Å². The maximum absolute atomic E-state index is 10.4. The fourth-order valence-electron chi connectivity index (χ4n) is 0.967. The molecule has 2 unspecified atom stereocenters. The Morgan fingerprint density at radius 1 is 1.73 bits per heavy atom. The molecule has 5 N–H and O–H groups in total. The molecule has 84 valence electrons. The minimum atomic E-state index is -1.10. The number of aromatic amines is 1. The van der Waals surface area contributed by atoms with Gasteiger partial charge in [-0.3, -0.25) is 4.79 Å². The number of hydrogen-bond acceptors (Lipinski definition) is 5. The zero-order valence-electron chi connectivity index (χ0n) is 7.96. The van der Waals surface area contributed by atoms with Crippen molar-refractivity contribution in [3.05, 3.63) is 12.4 Å². The first kappa shape index (κ1) is 12.0. The molecule has 15 heavy (non-hydrogen) atoms. The highest BCUT2D eigenvalue weighted by atomic mass is 32.2. The predicted octanol–water partition coefficient (Wildman–Crippen LogP) is -0.335. The van der Waals surface area contributed by atoms with Crippen molar-refractivity contribution in [2.75, 3.05) is 5.75 Å². The van der Waals surface area contributed by atoms with Crippen molar-refractivity contribution >= 4 is 17.7 Å². The van der Waals surface area contributed by atoms with Gasteiger partial charge in [0.05, 0.1) is 6.10 Å². The van der Waals surface area contributed by atoms with E-state index in [0.29, 0.717) is 10.9 Å². The molecule has 0 saturated heterocycles. The number of hydrogen-bond donors (Lipinski definition) is 4. The van der Waals surface area contributed by atoms with Crippen molar-refractivity contribution in [3.63, 3.8) is 0 Å². The third-order valence-corrected chi connectivity index (χ3v) is 2.78. The Balaban J connectivity index is 2.24. The molecule has 0 aliphatic carbocycles. The van der Waals surface area contributed by atoms with Crippen molar-refractivity contribution in [3.8, 4) is 0 Å². The van der Waals surface area contributed by atoms with Crippen LogP contribution in [0.15, 0.2) is 17.6 Å². The van der Waals surface area contributed by atoms with Crippen LogP contribution >= 0.6 is 11.8 Å². The van der Waals surface area contributed by atoms with Gasteiger partial charge in [-0.05, 0) is 6.42 Å². The molecule has 0 aliphatic rings. The van der Waals surface area contributed by atoms with Gasteiger partial charge in [-0.15, -0.1) is 0 Å². The van der Waals surface area contributed by atoms with Crippen molar-refractivity contribution in [2.24, 2.45) is 5.73 Å². The molecule has 0 amide bonds. The number of nitrogens with zero attached hydrogens (tertiary/aromatic N) is 1. The Labute approximate surface area is 90.9 Å². The molecule has 2 atom stereocenters. The Morgan fingerprint density at radius 3 is 3.00 bits per heavy atom. The molecular formula is C8H13N3O3S. The first-order valence-corrected chi connectivity index (χ1v) is 5.36. The van der Waals surface area contributed by atoms with E-state index in [4.69, 9.17) is 10.8 Å². The Bertz CT molecular complexity index is 304. The van der Waals surface area contributed by atoms with Crippen molar-refractivity contribution in [1.82, 2.24) is 9.97 Å². The molecule has 0 bridgehead atoms. The number of H-pyrrole nitrogens is 1. The lowest BCUT2D eigenvalue weighted by Crippen LogP contribution is -2.34. The number of carboxylic acids is 1. The van der Waals surface area contributed by atoms with E-state index in [1.807, 2.05) is 0 Å². The number of aliphatic carboxylic acids is 1. The fourth-order valence-corrected chi connectivity index (χ4v) is 1.74. The van der Waals surface area contributed by atoms with Crippen LogP contribution in [-0.4, -0.2) is 44.0 Å². The Morgan fingerprint density at radius 2 is 2.47 bits per heavy atom. The van der Waals surface area contributed by atoms with Crippen LogP contribution in [0.2, 0.25) is 0 Å². The summed E-state index contributed by atoms with van der Waals surface area (Å²) in [5.41, 5.74) is 5.27. The minimum Gasteiger partial charge on any atom is -0.480 e. The van der Waals surface area contributed by atoms with Gasteiger partial charge in [0.25, 0.3) is 0 Å². The highest BCUT2D eigenvalue weighted by Gasteiger charge is 2.17. The van der Waals surface area contributed by atoms with Gasteiger partial charge in [0, 0.05) is 18.1 Å². The smallest absolute Gasteiger partial charge is 0.320 e. The summed E-state index contributed by atoms with van der Waals surface area (Å²) in [4.78, 5) is 17.2. The van der Waals surface area contributed by atoms with Crippen molar-refractivity contribution < 1.29 is 15.0 Å². The number of rotatable bonds is 6. The Hall–Kier alpha value is -1.05. The highest BCUT2D eigenvalue weighted by molar-refractivity contribution is 7.99. The summed E-state index contributed by atoms with van der Waals surface area (Å²) in [6.07, 6.45) is 2.59. The van der Waals surface area contributed by atoms with E-state index >= 15 is 0 Å². The zero-order chi connectivity index (χ0) is 11.3. The standard InChI is InChI=1S/C8H13N3O3S/c9-6(7(13)14)3-5(12)4-15-8-10-1-2-11-8/h1-2,5-6,12H,3-4,9H2,(H,10,11)(H,13,14). The number of nitrogens with one attached hydrogen (secondary N) is 1. The molecule has 1 aromatic heterocycles. The third-order valence-electron chi connectivity index (χ3n) is 1.73. The molecule has 0 radical (unpaired) electrons. The molecule has 6 nitrogen and oxygen atoms in total. The number of carboxylic acid groups (broad SMARTS) is 1. The zero-order valence-corrected chi connectivity index (χ0v) is 8.78. The van der Waals surface area contributed by atoms with Gasteiger partial charge < -0.3 is 20.9 Å². The summed E-state index contributed by atoms with van der Waals surface area (Å²) >= 11 is 1.32. The first-order chi connectivity index (χ1) is 7.09. The monoisotopic (exact) mass is 231 g/mol. The van der Waals surface area contributed by atoms with Crippen LogP contribution in [0.5, 0.6) is 0 Å². The van der Waals surface area contributed by atoms with Crippen LogP contribution in [0, 0.1) is 0 Å². The lowest BCUT2D eigenvalue weighted by atomic mass is 10.1. The normalized spacial score (nSPS) is 14.8. The second-order valence-electron chi connectivity index (χ2n) is 3.04. The summed E-state index contributed by atoms with van der Waals surface area (Å²) < 4.78 is 0. The van der Waals surface area contributed by atoms with Gasteiger partial charge in [-0.2, -0.15) is 0 Å². The second-order valence-corrected chi connectivity index (χ2v) is 4.05. The number of thioether (sulfide) groups is 1. The van der Waals surface area contributed by atoms with Crippen LogP contribution in [0.1, 0.15) is 6.42 Å². The van der Waals surface area contributed by atoms with E-state index < -0.39 is 18.1 Å². The van der Waals surface area contributed by atoms with E-state index in [2.05, 4.69) is 9.97 Å². The largest absolute Gasteiger partial charge is 0.480 e. The first-order valence-electron chi connectivity index (χ1n) is 4.38. The number of carbonyl (C=O) groups is 1. The number of aliphatic hydroxyl groups excluding tert-OH is 1. The van der Waals surface area contributed by atoms with Gasteiger partial charge in [0.1, 0.15) is 6.04 Å². The number of aromatic nitrogens is 2. The van der Waals surface area contributed by atoms with Gasteiger partial charge >= 0.3 is 5.97 Å².